The Kier molecular flexibility index (Phi) is 5.04. The Labute approximate surface area is 123 Å². The molecule has 1 aromatic heterocycles. The summed E-state index contributed by atoms with van der Waals surface area (Å²) in [6.45, 7) is 9.02. The number of allylic oxidation sites excluding steroid dienone is 2. The van der Waals surface area contributed by atoms with Crippen LogP contribution in [0.15, 0.2) is 40.8 Å². The normalized spacial score (nSPS) is 19.4. The first kappa shape index (κ1) is 14.9. The van der Waals surface area contributed by atoms with Crippen LogP contribution in [0.4, 0.5) is 0 Å². The summed E-state index contributed by atoms with van der Waals surface area (Å²) < 4.78 is 10.3. The van der Waals surface area contributed by atoms with Gasteiger partial charge in [0.05, 0.1) is 9.47 Å². The highest BCUT2D eigenvalue weighted by Gasteiger charge is 2.29. The highest BCUT2D eigenvalue weighted by molar-refractivity contribution is 8.35. The highest BCUT2D eigenvalue weighted by Crippen LogP contribution is 2.21. The Balaban J connectivity index is 2.40. The molecule has 1 aliphatic rings. The van der Waals surface area contributed by atoms with E-state index < -0.39 is 11.9 Å². The maximum atomic E-state index is 11.4. The molecule has 0 amide bonds. The summed E-state index contributed by atoms with van der Waals surface area (Å²) in [5, 5.41) is 1.53. The maximum Gasteiger partial charge on any atom is 0.325 e. The van der Waals surface area contributed by atoms with E-state index in [9.17, 15) is 4.79 Å². The van der Waals surface area contributed by atoms with Crippen molar-refractivity contribution in [3.8, 4) is 0 Å². The van der Waals surface area contributed by atoms with E-state index in [1.165, 1.54) is 11.6 Å². The van der Waals surface area contributed by atoms with Crippen LogP contribution in [0.2, 0.25) is 0 Å². The third-order valence-corrected chi connectivity index (χ3v) is 3.65. The van der Waals surface area contributed by atoms with E-state index >= 15 is 0 Å². The smallest absolute Gasteiger partial charge is 0.325 e. The van der Waals surface area contributed by atoms with Crippen molar-refractivity contribution in [2.24, 2.45) is 4.99 Å². The molecule has 20 heavy (non-hydrogen) atoms. The maximum absolute atomic E-state index is 11.4. The predicted octanol–water partition coefficient (Wildman–Crippen LogP) is 0.985. The van der Waals surface area contributed by atoms with E-state index in [0.29, 0.717) is 16.2 Å². The molecule has 0 spiro atoms. The summed E-state index contributed by atoms with van der Waals surface area (Å²) in [5.41, 5.74) is 0.676. The van der Waals surface area contributed by atoms with E-state index in [1.54, 1.807) is 24.8 Å². The molecule has 0 bridgehead atoms. The van der Waals surface area contributed by atoms with Gasteiger partial charge < -0.3 is 8.94 Å². The number of hydrogen-bond acceptors (Lipinski definition) is 5. The largest absolute Gasteiger partial charge is 0.454 e. The van der Waals surface area contributed by atoms with Crippen molar-refractivity contribution >= 4 is 50.8 Å². The number of nitrogens with zero attached hydrogens (tertiary/aromatic N) is 1. The van der Waals surface area contributed by atoms with Crippen LogP contribution in [0, 0.1) is 0 Å². The molecule has 1 aliphatic heterocycles. The van der Waals surface area contributed by atoms with Crippen LogP contribution in [0.25, 0.3) is 12.2 Å². The van der Waals surface area contributed by atoms with Gasteiger partial charge in [-0.05, 0) is 12.1 Å². The van der Waals surface area contributed by atoms with Crippen molar-refractivity contribution in [2.45, 2.75) is 5.94 Å². The lowest BCUT2D eigenvalue weighted by molar-refractivity contribution is -0.132. The van der Waals surface area contributed by atoms with Gasteiger partial charge in [0, 0.05) is 5.22 Å². The highest BCUT2D eigenvalue weighted by atomic mass is 32.2. The molecule has 0 aliphatic carbocycles. The van der Waals surface area contributed by atoms with Gasteiger partial charge in [-0.2, -0.15) is 11.6 Å². The lowest BCUT2D eigenvalue weighted by Crippen LogP contribution is -2.20. The fourth-order valence-electron chi connectivity index (χ4n) is 1.63. The van der Waals surface area contributed by atoms with Gasteiger partial charge in [-0.15, -0.1) is 0 Å². The standard InChI is InChI=1S/C13H12BNO3PS/c1-3-5-8-7-10(17-9(8)6-4-2)12-15-11(14-20-12)13(16)18-19/h3-7,11H,1-2,19H2/b8-5-,9-6+. The molecule has 7 heteroatoms. The molecule has 2 heterocycles. The molecule has 2 unspecified atom stereocenters. The van der Waals surface area contributed by atoms with Crippen molar-refractivity contribution in [3.63, 3.8) is 0 Å². The molecule has 0 fully saturated rings. The van der Waals surface area contributed by atoms with Crippen LogP contribution < -0.4 is 10.6 Å². The SMILES string of the molecule is C=C/C=c1/cc(C2=NC(C(=O)OP)[B]S2)o/c1=C/C=C. The van der Waals surface area contributed by atoms with Gasteiger partial charge in [0.2, 0.25) is 6.56 Å². The van der Waals surface area contributed by atoms with Gasteiger partial charge in [0.25, 0.3) is 0 Å². The summed E-state index contributed by atoms with van der Waals surface area (Å²) in [6, 6.07) is 1.85. The summed E-state index contributed by atoms with van der Waals surface area (Å²) >= 11 is 1.35. The second-order valence-electron chi connectivity index (χ2n) is 3.80. The lowest BCUT2D eigenvalue weighted by Gasteiger charge is -1.99. The van der Waals surface area contributed by atoms with Gasteiger partial charge in [-0.1, -0.05) is 31.4 Å². The first-order valence-electron chi connectivity index (χ1n) is 5.73. The van der Waals surface area contributed by atoms with Gasteiger partial charge in [-0.3, -0.25) is 9.79 Å². The van der Waals surface area contributed by atoms with Crippen LogP contribution in [-0.2, 0) is 9.32 Å². The minimum atomic E-state index is -0.601. The van der Waals surface area contributed by atoms with Gasteiger partial charge in [-0.25, -0.2) is 0 Å². The Morgan fingerprint density at radius 1 is 1.50 bits per heavy atom. The molecule has 2 atom stereocenters. The molecule has 1 radical (unpaired) electrons. The molecule has 0 N–H and O–H groups in total. The Hall–Kier alpha value is -1.52. The summed E-state index contributed by atoms with van der Waals surface area (Å²) in [6.07, 6.45) is 6.92. The summed E-state index contributed by atoms with van der Waals surface area (Å²) in [7, 11) is 1.93. The first-order chi connectivity index (χ1) is 9.69. The Bertz CT molecular complexity index is 657. The Morgan fingerprint density at radius 3 is 2.90 bits per heavy atom. The molecular weight excluding hydrogens is 292 g/mol. The van der Waals surface area contributed by atoms with E-state index in [1.807, 2.05) is 21.6 Å². The zero-order valence-electron chi connectivity index (χ0n) is 10.6. The van der Waals surface area contributed by atoms with Crippen LogP contribution in [0.1, 0.15) is 5.76 Å². The molecule has 0 aromatic carbocycles. The van der Waals surface area contributed by atoms with Gasteiger partial charge >= 0.3 is 5.97 Å². The van der Waals surface area contributed by atoms with E-state index in [0.717, 1.165) is 5.22 Å². The second kappa shape index (κ2) is 6.77. The molecule has 4 nitrogen and oxygen atoms in total. The lowest BCUT2D eigenvalue weighted by atomic mass is 9.96. The van der Waals surface area contributed by atoms with E-state index in [4.69, 9.17) is 4.42 Å². The Morgan fingerprint density at radius 2 is 2.25 bits per heavy atom. The predicted molar refractivity (Wildman–Crippen MR) is 86.8 cm³/mol. The number of rotatable bonds is 4. The summed E-state index contributed by atoms with van der Waals surface area (Å²) in [5.74, 6) is -0.414. The number of furan rings is 1. The molecular formula is C13H12BNO3PS. The van der Waals surface area contributed by atoms with E-state index in [2.05, 4.69) is 22.7 Å². The zero-order valence-corrected chi connectivity index (χ0v) is 12.6. The quantitative estimate of drug-likeness (QED) is 0.615. The zero-order chi connectivity index (χ0) is 14.5. The van der Waals surface area contributed by atoms with E-state index in [-0.39, 0.29) is 0 Å². The van der Waals surface area contributed by atoms with Crippen molar-refractivity contribution < 1.29 is 13.7 Å². The van der Waals surface area contributed by atoms with Crippen LogP contribution in [0.3, 0.4) is 0 Å². The number of carbonyl (C=O) groups excluding carboxylic acids is 1. The third kappa shape index (κ3) is 3.14. The topological polar surface area (TPSA) is 51.8 Å². The third-order valence-electron chi connectivity index (χ3n) is 2.49. The molecule has 0 saturated carbocycles. The fourth-order valence-corrected chi connectivity index (χ4v) is 2.60. The van der Waals surface area contributed by atoms with Gasteiger partial charge in [0.1, 0.15) is 16.4 Å². The minimum absolute atomic E-state index is 0.417. The average molecular weight is 304 g/mol. The molecule has 2 rings (SSSR count). The number of carbonyl (C=O) groups is 1. The molecule has 0 saturated heterocycles. The first-order valence-corrected chi connectivity index (χ1v) is 7.08. The fraction of sp³-hybridized carbons (Fsp3) is 0.0769. The monoisotopic (exact) mass is 304 g/mol. The second-order valence-corrected chi connectivity index (χ2v) is 4.94. The number of aliphatic imine (C=N–C) groups is 1. The average Bonchev–Trinajstić information content (AvgIpc) is 3.06. The summed E-state index contributed by atoms with van der Waals surface area (Å²) in [4.78, 5) is 15.7. The van der Waals surface area contributed by atoms with Crippen LogP contribution >= 0.6 is 21.1 Å². The minimum Gasteiger partial charge on any atom is -0.454 e. The molecule has 1 aromatic rings. The number of hydrogen-bond donors (Lipinski definition) is 0. The molecule has 101 valence electrons. The van der Waals surface area contributed by atoms with Gasteiger partial charge in [0.15, 0.2) is 5.76 Å². The van der Waals surface area contributed by atoms with Crippen molar-refractivity contribution in [2.75, 3.05) is 0 Å². The van der Waals surface area contributed by atoms with Crippen molar-refractivity contribution in [1.29, 1.82) is 0 Å². The van der Waals surface area contributed by atoms with Crippen molar-refractivity contribution in [1.82, 2.24) is 0 Å². The van der Waals surface area contributed by atoms with Crippen molar-refractivity contribution in [3.05, 3.63) is 47.8 Å². The van der Waals surface area contributed by atoms with Crippen LogP contribution in [-0.4, -0.2) is 23.5 Å². The van der Waals surface area contributed by atoms with Crippen LogP contribution in [0.5, 0.6) is 0 Å².